The molecule has 2 atom stereocenters. The Morgan fingerprint density at radius 1 is 1.57 bits per heavy atom. The minimum absolute atomic E-state index is 0.395. The zero-order valence-corrected chi connectivity index (χ0v) is 8.69. The normalized spacial score (nSPS) is 14.9. The Hall–Kier alpha value is -1.13. The first kappa shape index (κ1) is 10.9. The van der Waals surface area contributed by atoms with Gasteiger partial charge in [0.15, 0.2) is 0 Å². The zero-order valence-electron chi connectivity index (χ0n) is 8.69. The smallest absolute Gasteiger partial charge is 0.213 e. The average Bonchev–Trinajstić information content (AvgIpc) is 2.16. The maximum absolute atomic E-state index is 9.34. The maximum Gasteiger partial charge on any atom is 0.213 e. The Kier molecular flexibility index (Phi) is 3.43. The average molecular weight is 196 g/mol. The van der Waals surface area contributed by atoms with Crippen molar-refractivity contribution in [2.45, 2.75) is 26.0 Å². The second-order valence-electron chi connectivity index (χ2n) is 3.35. The van der Waals surface area contributed by atoms with Crippen molar-refractivity contribution >= 4 is 0 Å². The largest absolute Gasteiger partial charge is 0.481 e. The third-order valence-corrected chi connectivity index (χ3v) is 2.21. The highest BCUT2D eigenvalue weighted by Crippen LogP contribution is 2.20. The number of nitrogens with zero attached hydrogens (tertiary/aromatic N) is 1. The van der Waals surface area contributed by atoms with E-state index in [4.69, 9.17) is 10.5 Å². The van der Waals surface area contributed by atoms with Gasteiger partial charge in [0, 0.05) is 12.3 Å². The molecule has 1 heterocycles. The molecule has 1 aromatic heterocycles. The number of nitrogens with two attached hydrogens (primary N) is 1. The summed E-state index contributed by atoms with van der Waals surface area (Å²) in [7, 11) is 1.57. The van der Waals surface area contributed by atoms with Gasteiger partial charge in [-0.3, -0.25) is 0 Å². The summed E-state index contributed by atoms with van der Waals surface area (Å²) in [5.41, 5.74) is 7.62. The van der Waals surface area contributed by atoms with Gasteiger partial charge in [0.1, 0.15) is 0 Å². The Morgan fingerprint density at radius 3 is 2.64 bits per heavy atom. The molecule has 4 heteroatoms. The van der Waals surface area contributed by atoms with Crippen molar-refractivity contribution in [2.24, 2.45) is 5.73 Å². The van der Waals surface area contributed by atoms with Crippen LogP contribution in [0.3, 0.4) is 0 Å². The number of aliphatic hydroxyl groups is 1. The molecule has 0 spiro atoms. The second kappa shape index (κ2) is 4.39. The number of hydrogen-bond donors (Lipinski definition) is 2. The van der Waals surface area contributed by atoms with Crippen LogP contribution >= 0.6 is 0 Å². The lowest BCUT2D eigenvalue weighted by molar-refractivity contribution is 0.164. The molecule has 78 valence electrons. The molecule has 1 rings (SSSR count). The molecule has 0 unspecified atom stereocenters. The highest BCUT2D eigenvalue weighted by Gasteiger charge is 2.15. The number of methoxy groups -OCH3 is 1. The summed E-state index contributed by atoms with van der Waals surface area (Å²) < 4.78 is 4.98. The number of aliphatic hydroxyl groups excluding tert-OH is 1. The van der Waals surface area contributed by atoms with Crippen LogP contribution in [-0.4, -0.2) is 23.3 Å². The topological polar surface area (TPSA) is 68.4 Å². The van der Waals surface area contributed by atoms with Gasteiger partial charge in [-0.1, -0.05) is 0 Å². The number of hydrogen-bond acceptors (Lipinski definition) is 4. The molecular weight excluding hydrogens is 180 g/mol. The van der Waals surface area contributed by atoms with Gasteiger partial charge in [-0.25, -0.2) is 4.98 Å². The number of rotatable bonds is 3. The lowest BCUT2D eigenvalue weighted by atomic mass is 10.0. The highest BCUT2D eigenvalue weighted by molar-refractivity contribution is 5.30. The monoisotopic (exact) mass is 196 g/mol. The van der Waals surface area contributed by atoms with Gasteiger partial charge >= 0.3 is 0 Å². The second-order valence-corrected chi connectivity index (χ2v) is 3.35. The van der Waals surface area contributed by atoms with Crippen LogP contribution in [0.5, 0.6) is 5.88 Å². The maximum atomic E-state index is 9.34. The zero-order chi connectivity index (χ0) is 10.7. The minimum atomic E-state index is -0.580. The first-order valence-electron chi connectivity index (χ1n) is 4.50. The van der Waals surface area contributed by atoms with Gasteiger partial charge in [0.05, 0.1) is 19.3 Å². The predicted octanol–water partition coefficient (Wildman–Crippen LogP) is 0.779. The lowest BCUT2D eigenvalue weighted by Crippen LogP contribution is -2.24. The van der Waals surface area contributed by atoms with E-state index in [0.29, 0.717) is 5.88 Å². The fourth-order valence-electron chi connectivity index (χ4n) is 1.26. The fraction of sp³-hybridized carbons (Fsp3) is 0.500. The van der Waals surface area contributed by atoms with Crippen LogP contribution in [0.4, 0.5) is 0 Å². The molecule has 0 saturated carbocycles. The highest BCUT2D eigenvalue weighted by atomic mass is 16.5. The van der Waals surface area contributed by atoms with Gasteiger partial charge in [0.2, 0.25) is 5.88 Å². The molecular formula is C10H16N2O2. The van der Waals surface area contributed by atoms with Crippen LogP contribution < -0.4 is 10.5 Å². The number of aryl methyl sites for hydroxylation is 1. The molecule has 0 aliphatic carbocycles. The van der Waals surface area contributed by atoms with E-state index in [-0.39, 0.29) is 0 Å². The van der Waals surface area contributed by atoms with Gasteiger partial charge in [0.25, 0.3) is 0 Å². The van der Waals surface area contributed by atoms with E-state index in [1.165, 1.54) is 0 Å². The van der Waals surface area contributed by atoms with Crippen LogP contribution in [0.1, 0.15) is 24.1 Å². The lowest BCUT2D eigenvalue weighted by Gasteiger charge is -2.17. The molecule has 14 heavy (non-hydrogen) atoms. The Balaban J connectivity index is 2.99. The minimum Gasteiger partial charge on any atom is -0.481 e. The van der Waals surface area contributed by atoms with E-state index in [1.54, 1.807) is 26.3 Å². The predicted molar refractivity (Wildman–Crippen MR) is 54.1 cm³/mol. The number of ether oxygens (including phenoxy) is 1. The van der Waals surface area contributed by atoms with E-state index in [2.05, 4.69) is 4.98 Å². The third-order valence-electron chi connectivity index (χ3n) is 2.21. The summed E-state index contributed by atoms with van der Waals surface area (Å²) in [4.78, 5) is 4.05. The molecule has 4 nitrogen and oxygen atoms in total. The Morgan fingerprint density at radius 2 is 2.21 bits per heavy atom. The summed E-state index contributed by atoms with van der Waals surface area (Å²) in [5.74, 6) is 0.559. The first-order valence-corrected chi connectivity index (χ1v) is 4.50. The molecule has 1 aromatic rings. The van der Waals surface area contributed by atoms with Crippen molar-refractivity contribution in [3.8, 4) is 5.88 Å². The molecule has 0 amide bonds. The van der Waals surface area contributed by atoms with E-state index < -0.39 is 12.1 Å². The molecule has 0 saturated heterocycles. The Labute approximate surface area is 83.7 Å². The van der Waals surface area contributed by atoms with Crippen LogP contribution in [0.15, 0.2) is 12.3 Å². The van der Waals surface area contributed by atoms with Crippen molar-refractivity contribution in [1.29, 1.82) is 0 Å². The summed E-state index contributed by atoms with van der Waals surface area (Å²) in [6, 6.07) is 1.41. The molecule has 0 aliphatic rings. The molecule has 0 fully saturated rings. The summed E-state index contributed by atoms with van der Waals surface area (Å²) in [6.07, 6.45) is 1.06. The van der Waals surface area contributed by atoms with Gasteiger partial charge in [-0.15, -0.1) is 0 Å². The molecule has 0 radical (unpaired) electrons. The van der Waals surface area contributed by atoms with Crippen molar-refractivity contribution in [3.63, 3.8) is 0 Å². The van der Waals surface area contributed by atoms with Gasteiger partial charge < -0.3 is 15.6 Å². The standard InChI is InChI=1S/C10H16N2O2/c1-6-4-9(14-3)12-5-8(6)10(11)7(2)13/h4-5,7,10,13H,11H2,1-3H3/t7-,10+/m0/s1. The van der Waals surface area contributed by atoms with Crippen LogP contribution in [0.2, 0.25) is 0 Å². The van der Waals surface area contributed by atoms with Crippen molar-refractivity contribution < 1.29 is 9.84 Å². The van der Waals surface area contributed by atoms with Gasteiger partial charge in [-0.2, -0.15) is 0 Å². The fourth-order valence-corrected chi connectivity index (χ4v) is 1.26. The quantitative estimate of drug-likeness (QED) is 0.749. The van der Waals surface area contributed by atoms with Crippen molar-refractivity contribution in [1.82, 2.24) is 4.98 Å². The van der Waals surface area contributed by atoms with Gasteiger partial charge in [-0.05, 0) is 25.0 Å². The van der Waals surface area contributed by atoms with E-state index in [9.17, 15) is 5.11 Å². The summed E-state index contributed by atoms with van der Waals surface area (Å²) >= 11 is 0. The van der Waals surface area contributed by atoms with E-state index >= 15 is 0 Å². The molecule has 0 aromatic carbocycles. The summed E-state index contributed by atoms with van der Waals surface area (Å²) in [5, 5.41) is 9.34. The molecule has 0 aliphatic heterocycles. The first-order chi connectivity index (χ1) is 6.56. The van der Waals surface area contributed by atoms with E-state index in [1.807, 2.05) is 6.92 Å². The number of pyridine rings is 1. The van der Waals surface area contributed by atoms with Crippen LogP contribution in [0, 0.1) is 6.92 Å². The molecule has 0 bridgehead atoms. The van der Waals surface area contributed by atoms with Crippen molar-refractivity contribution in [2.75, 3.05) is 7.11 Å². The van der Waals surface area contributed by atoms with Crippen molar-refractivity contribution in [3.05, 3.63) is 23.4 Å². The van der Waals surface area contributed by atoms with Crippen LogP contribution in [-0.2, 0) is 0 Å². The molecule has 3 N–H and O–H groups in total. The summed E-state index contributed by atoms with van der Waals surface area (Å²) in [6.45, 7) is 3.58. The Bertz CT molecular complexity index is 313. The number of aromatic nitrogens is 1. The SMILES string of the molecule is COc1cc(C)c([C@H](N)[C@H](C)O)cn1. The van der Waals surface area contributed by atoms with Crippen LogP contribution in [0.25, 0.3) is 0 Å². The third kappa shape index (κ3) is 2.21. The van der Waals surface area contributed by atoms with E-state index in [0.717, 1.165) is 11.1 Å².